The lowest BCUT2D eigenvalue weighted by molar-refractivity contribution is -0.117. The molecule has 3 rings (SSSR count). The molecule has 3 aromatic carbocycles. The molecule has 1 amide bonds. The van der Waals surface area contributed by atoms with Gasteiger partial charge >= 0.3 is 0 Å². The SMILES string of the molecule is COc1cccc(NC(=O)C(C#N)C(=O)c2ccc(-c3ccccc3)cc2)c1. The minimum atomic E-state index is -1.44. The van der Waals surface area contributed by atoms with Crippen molar-refractivity contribution in [2.45, 2.75) is 0 Å². The van der Waals surface area contributed by atoms with Crippen LogP contribution in [-0.2, 0) is 4.79 Å². The molecule has 1 atom stereocenters. The zero-order chi connectivity index (χ0) is 19.9. The number of ether oxygens (including phenoxy) is 1. The van der Waals surface area contributed by atoms with Gasteiger partial charge in [-0.3, -0.25) is 9.59 Å². The van der Waals surface area contributed by atoms with Gasteiger partial charge in [-0.05, 0) is 23.3 Å². The van der Waals surface area contributed by atoms with E-state index in [0.29, 0.717) is 17.0 Å². The van der Waals surface area contributed by atoms with Gasteiger partial charge in [0.15, 0.2) is 11.7 Å². The standard InChI is InChI=1S/C23H18N2O3/c1-28-20-9-5-8-19(14-20)25-23(27)21(15-24)22(26)18-12-10-17(11-13-18)16-6-3-2-4-7-16/h2-14,21H,1H3,(H,25,27). The second kappa shape index (κ2) is 8.65. The fourth-order valence-corrected chi connectivity index (χ4v) is 2.78. The molecule has 0 saturated heterocycles. The average Bonchev–Trinajstić information content (AvgIpc) is 2.75. The molecule has 0 fully saturated rings. The van der Waals surface area contributed by atoms with Crippen LogP contribution < -0.4 is 10.1 Å². The minimum Gasteiger partial charge on any atom is -0.497 e. The molecule has 0 saturated carbocycles. The summed E-state index contributed by atoms with van der Waals surface area (Å²) in [6.45, 7) is 0. The van der Waals surface area contributed by atoms with Crippen molar-refractivity contribution in [3.63, 3.8) is 0 Å². The first kappa shape index (κ1) is 18.9. The monoisotopic (exact) mass is 370 g/mol. The molecule has 0 aliphatic heterocycles. The predicted octanol–water partition coefficient (Wildman–Crippen LogP) is 4.32. The lowest BCUT2D eigenvalue weighted by atomic mass is 9.96. The summed E-state index contributed by atoms with van der Waals surface area (Å²) in [5.74, 6) is -2.08. The number of nitriles is 1. The van der Waals surface area contributed by atoms with Crippen LogP contribution in [0, 0.1) is 17.2 Å². The van der Waals surface area contributed by atoms with Crippen LogP contribution in [0.3, 0.4) is 0 Å². The van der Waals surface area contributed by atoms with Gasteiger partial charge in [-0.2, -0.15) is 5.26 Å². The number of rotatable bonds is 6. The molecule has 0 aliphatic carbocycles. The fourth-order valence-electron chi connectivity index (χ4n) is 2.78. The van der Waals surface area contributed by atoms with E-state index in [1.165, 1.54) is 7.11 Å². The first-order valence-electron chi connectivity index (χ1n) is 8.66. The van der Waals surface area contributed by atoms with Crippen molar-refractivity contribution in [1.29, 1.82) is 5.26 Å². The Morgan fingerprint density at radius 2 is 1.61 bits per heavy atom. The number of ketones is 1. The van der Waals surface area contributed by atoms with Gasteiger partial charge in [0.25, 0.3) is 0 Å². The number of carbonyl (C=O) groups is 2. The molecule has 138 valence electrons. The third-order valence-electron chi connectivity index (χ3n) is 4.27. The van der Waals surface area contributed by atoms with Crippen LogP contribution in [-0.4, -0.2) is 18.8 Å². The molecular weight excluding hydrogens is 352 g/mol. The van der Waals surface area contributed by atoms with Gasteiger partial charge in [-0.1, -0.05) is 60.7 Å². The zero-order valence-corrected chi connectivity index (χ0v) is 15.3. The highest BCUT2D eigenvalue weighted by atomic mass is 16.5. The highest BCUT2D eigenvalue weighted by molar-refractivity contribution is 6.15. The molecule has 0 heterocycles. The maximum Gasteiger partial charge on any atom is 0.249 e. The number of methoxy groups -OCH3 is 1. The smallest absolute Gasteiger partial charge is 0.249 e. The van der Waals surface area contributed by atoms with E-state index in [0.717, 1.165) is 11.1 Å². The van der Waals surface area contributed by atoms with Crippen molar-refractivity contribution >= 4 is 17.4 Å². The Kier molecular flexibility index (Phi) is 5.83. The van der Waals surface area contributed by atoms with Crippen LogP contribution in [0.1, 0.15) is 10.4 Å². The lowest BCUT2D eigenvalue weighted by Crippen LogP contribution is -2.28. The van der Waals surface area contributed by atoms with E-state index in [1.54, 1.807) is 54.6 Å². The molecule has 1 unspecified atom stereocenters. The second-order valence-electron chi connectivity index (χ2n) is 6.09. The maximum absolute atomic E-state index is 12.7. The molecule has 1 N–H and O–H groups in total. The van der Waals surface area contributed by atoms with Gasteiger partial charge < -0.3 is 10.1 Å². The second-order valence-corrected chi connectivity index (χ2v) is 6.09. The number of benzene rings is 3. The molecule has 5 heteroatoms. The molecule has 28 heavy (non-hydrogen) atoms. The minimum absolute atomic E-state index is 0.312. The highest BCUT2D eigenvalue weighted by Gasteiger charge is 2.27. The molecule has 0 bridgehead atoms. The number of carbonyl (C=O) groups excluding carboxylic acids is 2. The zero-order valence-electron chi connectivity index (χ0n) is 15.3. The van der Waals surface area contributed by atoms with Gasteiger partial charge in [0.05, 0.1) is 13.2 Å². The summed E-state index contributed by atoms with van der Waals surface area (Å²) >= 11 is 0. The molecule has 3 aromatic rings. The van der Waals surface area contributed by atoms with E-state index in [4.69, 9.17) is 4.74 Å². The third kappa shape index (κ3) is 4.25. The number of anilines is 1. The third-order valence-corrected chi connectivity index (χ3v) is 4.27. The predicted molar refractivity (Wildman–Crippen MR) is 107 cm³/mol. The van der Waals surface area contributed by atoms with Gasteiger partial charge in [0.2, 0.25) is 5.91 Å². The number of Topliss-reactive ketones (excluding diaryl/α,β-unsaturated/α-hetero) is 1. The average molecular weight is 370 g/mol. The molecule has 0 spiro atoms. The van der Waals surface area contributed by atoms with Crippen molar-refractivity contribution < 1.29 is 14.3 Å². The Balaban J connectivity index is 1.75. The van der Waals surface area contributed by atoms with Crippen LogP contribution in [0.4, 0.5) is 5.69 Å². The first-order valence-corrected chi connectivity index (χ1v) is 8.66. The molecular formula is C23H18N2O3. The largest absolute Gasteiger partial charge is 0.497 e. The Labute approximate surface area is 163 Å². The molecule has 0 aliphatic rings. The summed E-state index contributed by atoms with van der Waals surface area (Å²) in [5.41, 5.74) is 2.74. The van der Waals surface area contributed by atoms with Crippen LogP contribution >= 0.6 is 0 Å². The van der Waals surface area contributed by atoms with E-state index in [9.17, 15) is 14.9 Å². The molecule has 0 radical (unpaired) electrons. The van der Waals surface area contributed by atoms with E-state index in [2.05, 4.69) is 5.32 Å². The Bertz CT molecular complexity index is 1020. The van der Waals surface area contributed by atoms with Crippen molar-refractivity contribution in [1.82, 2.24) is 0 Å². The van der Waals surface area contributed by atoms with Crippen LogP contribution in [0.5, 0.6) is 5.75 Å². The summed E-state index contributed by atoms with van der Waals surface area (Å²) in [5, 5.41) is 12.0. The van der Waals surface area contributed by atoms with Gasteiger partial charge in [-0.15, -0.1) is 0 Å². The molecule has 5 nitrogen and oxygen atoms in total. The normalized spacial score (nSPS) is 11.1. The highest BCUT2D eigenvalue weighted by Crippen LogP contribution is 2.21. The number of amides is 1. The van der Waals surface area contributed by atoms with Crippen molar-refractivity contribution in [2.24, 2.45) is 5.92 Å². The van der Waals surface area contributed by atoms with E-state index in [-0.39, 0.29) is 0 Å². The first-order chi connectivity index (χ1) is 13.6. The fraction of sp³-hybridized carbons (Fsp3) is 0.0870. The summed E-state index contributed by atoms with van der Waals surface area (Å²) < 4.78 is 5.10. The van der Waals surface area contributed by atoms with Gasteiger partial charge in [0, 0.05) is 17.3 Å². The van der Waals surface area contributed by atoms with Crippen LogP contribution in [0.2, 0.25) is 0 Å². The van der Waals surface area contributed by atoms with E-state index >= 15 is 0 Å². The van der Waals surface area contributed by atoms with Crippen molar-refractivity contribution in [3.05, 3.63) is 84.4 Å². The van der Waals surface area contributed by atoms with Crippen molar-refractivity contribution in [2.75, 3.05) is 12.4 Å². The summed E-state index contributed by atoms with van der Waals surface area (Å²) in [7, 11) is 1.52. The van der Waals surface area contributed by atoms with Crippen molar-refractivity contribution in [3.8, 4) is 22.9 Å². The van der Waals surface area contributed by atoms with Gasteiger partial charge in [-0.25, -0.2) is 0 Å². The van der Waals surface area contributed by atoms with Gasteiger partial charge in [0.1, 0.15) is 5.75 Å². The maximum atomic E-state index is 12.7. The van der Waals surface area contributed by atoms with Crippen LogP contribution in [0.25, 0.3) is 11.1 Å². The quantitative estimate of drug-likeness (QED) is 0.518. The number of hydrogen-bond donors (Lipinski definition) is 1. The van der Waals surface area contributed by atoms with Crippen LogP contribution in [0.15, 0.2) is 78.9 Å². The molecule has 0 aromatic heterocycles. The number of nitrogens with one attached hydrogen (secondary N) is 1. The topological polar surface area (TPSA) is 79.2 Å². The van der Waals surface area contributed by atoms with E-state index < -0.39 is 17.6 Å². The number of nitrogens with zero attached hydrogens (tertiary/aromatic N) is 1. The Hall–Kier alpha value is -3.91. The summed E-state index contributed by atoms with van der Waals surface area (Å²) in [6.07, 6.45) is 0. The Morgan fingerprint density at radius 3 is 2.25 bits per heavy atom. The lowest BCUT2D eigenvalue weighted by Gasteiger charge is -2.11. The summed E-state index contributed by atoms with van der Waals surface area (Å²) in [4.78, 5) is 25.1. The summed E-state index contributed by atoms with van der Waals surface area (Å²) in [6, 6.07) is 25.1. The Morgan fingerprint density at radius 1 is 0.929 bits per heavy atom. The van der Waals surface area contributed by atoms with E-state index in [1.807, 2.05) is 30.3 Å². The number of hydrogen-bond acceptors (Lipinski definition) is 4.